The van der Waals surface area contributed by atoms with Crippen LogP contribution in [0.15, 0.2) is 29.2 Å². The molecule has 22 heavy (non-hydrogen) atoms. The van der Waals surface area contributed by atoms with Crippen molar-refractivity contribution in [1.29, 1.82) is 0 Å². The molecule has 0 saturated heterocycles. The van der Waals surface area contributed by atoms with Crippen LogP contribution in [-0.4, -0.2) is 22.1 Å². The number of hydrogen-bond acceptors (Lipinski definition) is 7. The Morgan fingerprint density at radius 1 is 1.18 bits per heavy atom. The zero-order valence-corrected chi connectivity index (χ0v) is 14.1. The molecule has 2 rings (SSSR count). The molecule has 0 fully saturated rings. The van der Waals surface area contributed by atoms with E-state index in [1.807, 2.05) is 31.2 Å². The number of alkyl halides is 1. The predicted molar refractivity (Wildman–Crippen MR) is 89.9 cm³/mol. The normalized spacial score (nSPS) is 13.6. The van der Waals surface area contributed by atoms with Crippen LogP contribution in [0.25, 0.3) is 0 Å². The van der Waals surface area contributed by atoms with Gasteiger partial charge in [0, 0.05) is 16.9 Å². The topological polar surface area (TPSA) is 86.0 Å². The Balaban J connectivity index is 2.12. The maximum absolute atomic E-state index is 6.00. The third-order valence-electron chi connectivity index (χ3n) is 2.93. The smallest absolute Gasteiger partial charge is 0.228 e. The Hall–Kier alpha value is -1.57. The van der Waals surface area contributed by atoms with Gasteiger partial charge in [-0.25, -0.2) is 0 Å². The van der Waals surface area contributed by atoms with Gasteiger partial charge >= 0.3 is 0 Å². The first-order valence-corrected chi connectivity index (χ1v) is 7.90. The summed E-state index contributed by atoms with van der Waals surface area (Å²) in [6.07, 6.45) is 0. The molecule has 1 heterocycles. The summed E-state index contributed by atoms with van der Waals surface area (Å²) >= 11 is 7.32. The number of aromatic nitrogens is 3. The number of nitrogens with zero attached hydrogens (tertiary/aromatic N) is 3. The summed E-state index contributed by atoms with van der Waals surface area (Å²) in [4.78, 5) is 13.4. The highest BCUT2D eigenvalue weighted by Gasteiger charge is 2.12. The van der Waals surface area contributed by atoms with Crippen LogP contribution in [0.4, 0.5) is 11.9 Å². The van der Waals surface area contributed by atoms with Crippen molar-refractivity contribution in [2.75, 3.05) is 18.2 Å². The lowest BCUT2D eigenvalue weighted by atomic mass is 10.1. The van der Waals surface area contributed by atoms with E-state index in [-0.39, 0.29) is 17.4 Å². The van der Waals surface area contributed by atoms with Gasteiger partial charge in [0.15, 0.2) is 5.82 Å². The molecule has 1 aromatic carbocycles. The largest absolute Gasteiger partial charge is 0.368 e. The number of halogens is 1. The zero-order valence-electron chi connectivity index (χ0n) is 12.6. The fourth-order valence-corrected chi connectivity index (χ4v) is 2.37. The van der Waals surface area contributed by atoms with E-state index < -0.39 is 0 Å². The van der Waals surface area contributed by atoms with Crippen LogP contribution in [0.3, 0.4) is 0 Å². The maximum atomic E-state index is 6.00. The van der Waals surface area contributed by atoms with E-state index in [0.717, 1.165) is 10.5 Å². The molecule has 0 bridgehead atoms. The molecule has 0 spiro atoms. The Kier molecular flexibility index (Phi) is 5.82. The molecule has 0 saturated carbocycles. The van der Waals surface area contributed by atoms with Gasteiger partial charge in [-0.1, -0.05) is 12.1 Å². The number of anilines is 2. The molecule has 0 radical (unpaired) electrons. The molecule has 2 aromatic rings. The summed E-state index contributed by atoms with van der Waals surface area (Å²) < 4.78 is 5.02. The minimum atomic E-state index is -0.327. The highest BCUT2D eigenvalue weighted by atomic mass is 35.5. The molecule has 2 atom stereocenters. The molecule has 0 aliphatic carbocycles. The average Bonchev–Trinajstić information content (AvgIpc) is 2.47. The van der Waals surface area contributed by atoms with Crippen molar-refractivity contribution in [3.63, 3.8) is 0 Å². The van der Waals surface area contributed by atoms with Crippen LogP contribution in [0.5, 0.6) is 0 Å². The minimum absolute atomic E-state index is 0.0156. The van der Waals surface area contributed by atoms with E-state index in [4.69, 9.17) is 21.5 Å². The van der Waals surface area contributed by atoms with Gasteiger partial charge in [-0.05, 0) is 31.5 Å². The standard InChI is InChI=1S/C14H18ClN5OS/c1-8(15)12-18-13(16)20-14(19-12)17-9(2)10-4-6-11(7-5-10)22-21-3/h4-9H,1-3H3,(H3,16,17,18,19,20). The second-order valence-electron chi connectivity index (χ2n) is 4.68. The van der Waals surface area contributed by atoms with Crippen molar-refractivity contribution < 1.29 is 4.18 Å². The number of nitrogens with one attached hydrogen (secondary N) is 1. The number of nitrogen functional groups attached to an aromatic ring is 1. The van der Waals surface area contributed by atoms with Gasteiger partial charge in [0.25, 0.3) is 0 Å². The van der Waals surface area contributed by atoms with E-state index in [1.165, 1.54) is 12.0 Å². The molecule has 118 valence electrons. The van der Waals surface area contributed by atoms with Crippen LogP contribution in [0.2, 0.25) is 0 Å². The van der Waals surface area contributed by atoms with Crippen LogP contribution in [0.1, 0.15) is 36.7 Å². The maximum Gasteiger partial charge on any atom is 0.228 e. The summed E-state index contributed by atoms with van der Waals surface area (Å²) in [6.45, 7) is 3.80. The number of hydrogen-bond donors (Lipinski definition) is 2. The van der Waals surface area contributed by atoms with Crippen molar-refractivity contribution in [2.45, 2.75) is 30.2 Å². The van der Waals surface area contributed by atoms with Crippen LogP contribution >= 0.6 is 23.6 Å². The van der Waals surface area contributed by atoms with Crippen molar-refractivity contribution in [2.24, 2.45) is 0 Å². The molecular weight excluding hydrogens is 322 g/mol. The molecule has 1 aromatic heterocycles. The average molecular weight is 340 g/mol. The van der Waals surface area contributed by atoms with E-state index >= 15 is 0 Å². The molecule has 0 aliphatic rings. The monoisotopic (exact) mass is 339 g/mol. The van der Waals surface area contributed by atoms with Gasteiger partial charge in [-0.3, -0.25) is 0 Å². The van der Waals surface area contributed by atoms with Gasteiger partial charge in [-0.2, -0.15) is 15.0 Å². The first-order chi connectivity index (χ1) is 10.5. The highest BCUT2D eigenvalue weighted by molar-refractivity contribution is 7.94. The lowest BCUT2D eigenvalue weighted by Crippen LogP contribution is -2.13. The van der Waals surface area contributed by atoms with Gasteiger partial charge in [0.05, 0.1) is 18.5 Å². The summed E-state index contributed by atoms with van der Waals surface area (Å²) in [5, 5.41) is 2.88. The predicted octanol–water partition coefficient (Wildman–Crippen LogP) is 3.58. The third kappa shape index (κ3) is 4.46. The lowest BCUT2D eigenvalue weighted by Gasteiger charge is -2.15. The van der Waals surface area contributed by atoms with Gasteiger partial charge in [0.2, 0.25) is 11.9 Å². The number of rotatable bonds is 6. The van der Waals surface area contributed by atoms with Crippen molar-refractivity contribution >= 4 is 35.5 Å². The summed E-state index contributed by atoms with van der Waals surface area (Å²) in [5.41, 5.74) is 6.78. The fraction of sp³-hybridized carbons (Fsp3) is 0.357. The molecule has 0 amide bonds. The fourth-order valence-electron chi connectivity index (χ4n) is 1.84. The Morgan fingerprint density at radius 2 is 1.86 bits per heavy atom. The molecule has 8 heteroatoms. The summed E-state index contributed by atoms with van der Waals surface area (Å²) in [7, 11) is 1.64. The zero-order chi connectivity index (χ0) is 16.1. The van der Waals surface area contributed by atoms with E-state index in [1.54, 1.807) is 14.0 Å². The van der Waals surface area contributed by atoms with E-state index in [0.29, 0.717) is 11.8 Å². The first kappa shape index (κ1) is 16.8. The Bertz CT molecular complexity index is 623. The second-order valence-corrected chi connectivity index (χ2v) is 6.30. The first-order valence-electron chi connectivity index (χ1n) is 6.72. The number of benzene rings is 1. The quantitative estimate of drug-likeness (QED) is 0.614. The van der Waals surface area contributed by atoms with Crippen LogP contribution in [0, 0.1) is 0 Å². The van der Waals surface area contributed by atoms with Crippen molar-refractivity contribution in [3.8, 4) is 0 Å². The highest BCUT2D eigenvalue weighted by Crippen LogP contribution is 2.23. The number of nitrogens with two attached hydrogens (primary N) is 1. The Labute approximate surface area is 139 Å². The SMILES string of the molecule is COSc1ccc(C(C)Nc2nc(N)nc(C(C)Cl)n2)cc1. The summed E-state index contributed by atoms with van der Waals surface area (Å²) in [5.74, 6) is 1.02. The Morgan fingerprint density at radius 3 is 2.45 bits per heavy atom. The third-order valence-corrected chi connectivity index (χ3v) is 3.76. The van der Waals surface area contributed by atoms with E-state index in [9.17, 15) is 0 Å². The summed E-state index contributed by atoms with van der Waals surface area (Å²) in [6, 6.07) is 8.05. The van der Waals surface area contributed by atoms with Gasteiger partial charge in [0.1, 0.15) is 0 Å². The molecule has 2 unspecified atom stereocenters. The van der Waals surface area contributed by atoms with Crippen molar-refractivity contribution in [1.82, 2.24) is 15.0 Å². The van der Waals surface area contributed by atoms with Gasteiger partial charge < -0.3 is 15.2 Å². The van der Waals surface area contributed by atoms with Crippen LogP contribution in [-0.2, 0) is 4.18 Å². The van der Waals surface area contributed by atoms with Crippen LogP contribution < -0.4 is 11.1 Å². The van der Waals surface area contributed by atoms with Gasteiger partial charge in [-0.15, -0.1) is 11.6 Å². The van der Waals surface area contributed by atoms with E-state index in [2.05, 4.69) is 20.3 Å². The second kappa shape index (κ2) is 7.62. The molecule has 3 N–H and O–H groups in total. The molecule has 6 nitrogen and oxygen atoms in total. The minimum Gasteiger partial charge on any atom is -0.368 e. The molecular formula is C14H18ClN5OS. The van der Waals surface area contributed by atoms with Crippen molar-refractivity contribution in [3.05, 3.63) is 35.7 Å². The molecule has 0 aliphatic heterocycles. The lowest BCUT2D eigenvalue weighted by molar-refractivity contribution is 0.490.